The predicted octanol–water partition coefficient (Wildman–Crippen LogP) is 2.18. The van der Waals surface area contributed by atoms with Crippen molar-refractivity contribution in [3.05, 3.63) is 29.8 Å². The maximum atomic E-state index is 2.61. The molecule has 0 bridgehead atoms. The Balaban J connectivity index is 0.000000963. The molecule has 1 unspecified atom stereocenters. The van der Waals surface area contributed by atoms with Gasteiger partial charge in [-0.05, 0) is 31.5 Å². The maximum absolute atomic E-state index is 2.61. The number of piperazine rings is 1. The number of halogens is 1. The van der Waals surface area contributed by atoms with Gasteiger partial charge in [-0.1, -0.05) is 18.2 Å². The molecule has 3 rings (SSSR count). The first-order chi connectivity index (χ1) is 7.34. The molecule has 0 aliphatic carbocycles. The van der Waals surface area contributed by atoms with Crippen LogP contribution in [0.1, 0.15) is 12.0 Å². The van der Waals surface area contributed by atoms with Crippen molar-refractivity contribution in [2.45, 2.75) is 18.9 Å². The van der Waals surface area contributed by atoms with E-state index in [0.29, 0.717) is 0 Å². The van der Waals surface area contributed by atoms with Crippen LogP contribution in [-0.2, 0) is 6.42 Å². The van der Waals surface area contributed by atoms with E-state index in [-0.39, 0.29) is 12.4 Å². The summed E-state index contributed by atoms with van der Waals surface area (Å²) in [7, 11) is 2.23. The second-order valence-electron chi connectivity index (χ2n) is 4.78. The van der Waals surface area contributed by atoms with Crippen molar-refractivity contribution in [1.82, 2.24) is 4.90 Å². The molecule has 2 aliphatic rings. The molecule has 0 amide bonds. The Morgan fingerprint density at radius 1 is 1.19 bits per heavy atom. The highest BCUT2D eigenvalue weighted by molar-refractivity contribution is 5.85. The molecule has 16 heavy (non-hydrogen) atoms. The van der Waals surface area contributed by atoms with Crippen LogP contribution < -0.4 is 4.90 Å². The summed E-state index contributed by atoms with van der Waals surface area (Å²) in [5.74, 6) is 0. The first-order valence-corrected chi connectivity index (χ1v) is 5.88. The Kier molecular flexibility index (Phi) is 3.41. The van der Waals surface area contributed by atoms with Crippen molar-refractivity contribution in [1.29, 1.82) is 0 Å². The number of hydrogen-bond donors (Lipinski definition) is 0. The number of anilines is 1. The lowest BCUT2D eigenvalue weighted by Crippen LogP contribution is -2.53. The van der Waals surface area contributed by atoms with E-state index in [4.69, 9.17) is 0 Å². The normalized spacial score (nSPS) is 24.3. The molecule has 0 saturated carbocycles. The van der Waals surface area contributed by atoms with Crippen molar-refractivity contribution < 1.29 is 0 Å². The number of fused-ring (bicyclic) bond motifs is 3. The minimum atomic E-state index is 0. The van der Waals surface area contributed by atoms with Gasteiger partial charge in [-0.25, -0.2) is 0 Å². The Morgan fingerprint density at radius 2 is 2.00 bits per heavy atom. The van der Waals surface area contributed by atoms with Gasteiger partial charge in [0.15, 0.2) is 0 Å². The first kappa shape index (κ1) is 11.7. The van der Waals surface area contributed by atoms with Crippen LogP contribution in [0.4, 0.5) is 5.69 Å². The third-order valence-corrected chi connectivity index (χ3v) is 3.73. The van der Waals surface area contributed by atoms with E-state index in [2.05, 4.69) is 41.1 Å². The highest BCUT2D eigenvalue weighted by atomic mass is 35.5. The van der Waals surface area contributed by atoms with Crippen molar-refractivity contribution in [3.63, 3.8) is 0 Å². The van der Waals surface area contributed by atoms with Gasteiger partial charge in [0, 0.05) is 31.4 Å². The van der Waals surface area contributed by atoms with Gasteiger partial charge in [-0.2, -0.15) is 0 Å². The van der Waals surface area contributed by atoms with E-state index in [0.717, 1.165) is 6.04 Å². The van der Waals surface area contributed by atoms with Crippen LogP contribution in [0.5, 0.6) is 0 Å². The third kappa shape index (κ3) is 1.92. The molecule has 0 aromatic heterocycles. The minimum absolute atomic E-state index is 0. The topological polar surface area (TPSA) is 6.48 Å². The maximum Gasteiger partial charge on any atom is 0.0420 e. The first-order valence-electron chi connectivity index (χ1n) is 5.88. The third-order valence-electron chi connectivity index (χ3n) is 3.73. The molecule has 2 aliphatic heterocycles. The SMILES string of the molecule is CN1CCN2c3ccccc3CCC2C1.Cl. The lowest BCUT2D eigenvalue weighted by Gasteiger charge is -2.45. The van der Waals surface area contributed by atoms with Crippen LogP contribution in [0.3, 0.4) is 0 Å². The molecule has 0 radical (unpaired) electrons. The highest BCUT2D eigenvalue weighted by Gasteiger charge is 2.29. The number of aryl methyl sites for hydroxylation is 1. The molecule has 2 nitrogen and oxygen atoms in total. The number of benzene rings is 1. The highest BCUT2D eigenvalue weighted by Crippen LogP contribution is 2.31. The van der Waals surface area contributed by atoms with Crippen molar-refractivity contribution in [2.75, 3.05) is 31.6 Å². The lowest BCUT2D eigenvalue weighted by molar-refractivity contribution is 0.256. The molecule has 88 valence electrons. The summed E-state index contributed by atoms with van der Waals surface area (Å²) in [6.45, 7) is 3.62. The summed E-state index contributed by atoms with van der Waals surface area (Å²) in [6, 6.07) is 9.64. The van der Waals surface area contributed by atoms with E-state index in [1.54, 1.807) is 5.56 Å². The van der Waals surface area contributed by atoms with E-state index in [1.807, 2.05) is 0 Å². The van der Waals surface area contributed by atoms with Gasteiger partial charge >= 0.3 is 0 Å². The molecule has 3 heteroatoms. The molecule has 1 aromatic rings. The Hall–Kier alpha value is -0.730. The van der Waals surface area contributed by atoms with Crippen LogP contribution >= 0.6 is 12.4 Å². The van der Waals surface area contributed by atoms with E-state index >= 15 is 0 Å². The fourth-order valence-corrected chi connectivity index (χ4v) is 2.90. The quantitative estimate of drug-likeness (QED) is 0.684. The second kappa shape index (κ2) is 4.64. The molecular weight excluding hydrogens is 220 g/mol. The fraction of sp³-hybridized carbons (Fsp3) is 0.538. The van der Waals surface area contributed by atoms with Crippen LogP contribution in [0.25, 0.3) is 0 Å². The van der Waals surface area contributed by atoms with E-state index < -0.39 is 0 Å². The van der Waals surface area contributed by atoms with Gasteiger partial charge in [0.2, 0.25) is 0 Å². The predicted molar refractivity (Wildman–Crippen MR) is 70.6 cm³/mol. The molecule has 1 fully saturated rings. The molecular formula is C13H19ClN2. The monoisotopic (exact) mass is 238 g/mol. The van der Waals surface area contributed by atoms with Gasteiger partial charge in [0.1, 0.15) is 0 Å². The fourth-order valence-electron chi connectivity index (χ4n) is 2.90. The standard InChI is InChI=1S/C13H18N2.ClH/c1-14-8-9-15-12(10-14)7-6-11-4-2-3-5-13(11)15;/h2-5,12H,6-10H2,1H3;1H. The van der Waals surface area contributed by atoms with Crippen LogP contribution in [-0.4, -0.2) is 37.6 Å². The molecule has 0 N–H and O–H groups in total. The smallest absolute Gasteiger partial charge is 0.0420 e. The largest absolute Gasteiger partial charge is 0.366 e. The average molecular weight is 239 g/mol. The van der Waals surface area contributed by atoms with E-state index in [1.165, 1.54) is 38.2 Å². The summed E-state index contributed by atoms with van der Waals surface area (Å²) < 4.78 is 0. The summed E-state index contributed by atoms with van der Waals surface area (Å²) in [5.41, 5.74) is 3.03. The second-order valence-corrected chi connectivity index (χ2v) is 4.78. The van der Waals surface area contributed by atoms with Gasteiger partial charge in [-0.3, -0.25) is 0 Å². The van der Waals surface area contributed by atoms with Crippen LogP contribution in [0, 0.1) is 0 Å². The van der Waals surface area contributed by atoms with Crippen LogP contribution in [0.2, 0.25) is 0 Å². The Morgan fingerprint density at radius 3 is 2.88 bits per heavy atom. The van der Waals surface area contributed by atoms with Crippen molar-refractivity contribution in [2.24, 2.45) is 0 Å². The molecule has 1 saturated heterocycles. The van der Waals surface area contributed by atoms with Gasteiger partial charge in [-0.15, -0.1) is 12.4 Å². The lowest BCUT2D eigenvalue weighted by atomic mass is 9.94. The zero-order valence-electron chi connectivity index (χ0n) is 9.72. The number of nitrogens with zero attached hydrogens (tertiary/aromatic N) is 2. The average Bonchev–Trinajstić information content (AvgIpc) is 2.28. The van der Waals surface area contributed by atoms with Crippen molar-refractivity contribution >= 4 is 18.1 Å². The summed E-state index contributed by atoms with van der Waals surface area (Å²) in [6.07, 6.45) is 2.58. The molecule has 1 atom stereocenters. The van der Waals surface area contributed by atoms with Gasteiger partial charge in [0.05, 0.1) is 0 Å². The zero-order valence-corrected chi connectivity index (χ0v) is 10.5. The van der Waals surface area contributed by atoms with E-state index in [9.17, 15) is 0 Å². The minimum Gasteiger partial charge on any atom is -0.366 e. The number of para-hydroxylation sites is 1. The number of likely N-dealkylation sites (N-methyl/N-ethyl adjacent to an activating group) is 1. The van der Waals surface area contributed by atoms with Gasteiger partial charge < -0.3 is 9.80 Å². The van der Waals surface area contributed by atoms with Crippen molar-refractivity contribution in [3.8, 4) is 0 Å². The summed E-state index contributed by atoms with van der Waals surface area (Å²) in [4.78, 5) is 5.06. The Labute approximate surface area is 104 Å². The number of rotatable bonds is 0. The molecule has 1 aromatic carbocycles. The van der Waals surface area contributed by atoms with Gasteiger partial charge in [0.25, 0.3) is 0 Å². The Bertz CT molecular complexity index is 367. The zero-order chi connectivity index (χ0) is 10.3. The van der Waals surface area contributed by atoms with Crippen LogP contribution in [0.15, 0.2) is 24.3 Å². The molecule has 0 spiro atoms. The summed E-state index contributed by atoms with van der Waals surface area (Å²) >= 11 is 0. The molecule has 2 heterocycles. The summed E-state index contributed by atoms with van der Waals surface area (Å²) in [5, 5.41) is 0. The number of hydrogen-bond acceptors (Lipinski definition) is 2.